The number of carbonyl (C=O) groups excluding carboxylic acids is 2. The Morgan fingerprint density at radius 3 is 2.30 bits per heavy atom. The number of benzene rings is 3. The van der Waals surface area contributed by atoms with Crippen molar-refractivity contribution in [2.75, 3.05) is 20.8 Å². The molecule has 8 nitrogen and oxygen atoms in total. The molecule has 1 fully saturated rings. The summed E-state index contributed by atoms with van der Waals surface area (Å²) in [5.41, 5.74) is 2.91. The molecule has 3 aromatic carbocycles. The van der Waals surface area contributed by atoms with E-state index in [0.29, 0.717) is 23.3 Å². The number of aromatic nitrogens is 1. The lowest BCUT2D eigenvalue weighted by molar-refractivity contribution is -0.139. The topological polar surface area (TPSA) is 112 Å². The number of H-pyrrole nitrogens is 1. The minimum absolute atomic E-state index is 0.00134. The Morgan fingerprint density at radius 2 is 1.62 bits per heavy atom. The predicted molar refractivity (Wildman–Crippen MR) is 139 cm³/mol. The number of aromatic amines is 1. The zero-order chi connectivity index (χ0) is 26.1. The van der Waals surface area contributed by atoms with Gasteiger partial charge in [-0.3, -0.25) is 9.59 Å². The van der Waals surface area contributed by atoms with Gasteiger partial charge in [0.2, 0.25) is 0 Å². The quantitative estimate of drug-likeness (QED) is 0.196. The molecule has 1 amide bonds. The van der Waals surface area contributed by atoms with Gasteiger partial charge in [-0.05, 0) is 72.1 Å². The molecule has 8 heteroatoms. The second-order valence-corrected chi connectivity index (χ2v) is 8.79. The summed E-state index contributed by atoms with van der Waals surface area (Å²) in [4.78, 5) is 31.2. The Hall–Kier alpha value is -4.72. The predicted octanol–water partition coefficient (Wildman–Crippen LogP) is 4.56. The lowest BCUT2D eigenvalue weighted by Crippen LogP contribution is -2.31. The van der Waals surface area contributed by atoms with E-state index in [1.54, 1.807) is 43.5 Å². The molecule has 1 aliphatic rings. The Balaban J connectivity index is 1.54. The average molecular weight is 499 g/mol. The highest BCUT2D eigenvalue weighted by Gasteiger charge is 2.45. The molecule has 188 valence electrons. The van der Waals surface area contributed by atoms with Crippen molar-refractivity contribution in [1.29, 1.82) is 0 Å². The molecule has 0 aliphatic carbocycles. The lowest BCUT2D eigenvalue weighted by atomic mass is 9.95. The average Bonchev–Trinajstić information content (AvgIpc) is 3.44. The number of amides is 1. The number of hydrogen-bond acceptors (Lipinski definition) is 6. The highest BCUT2D eigenvalue weighted by Crippen LogP contribution is 2.40. The van der Waals surface area contributed by atoms with Crippen molar-refractivity contribution >= 4 is 28.4 Å². The van der Waals surface area contributed by atoms with Crippen LogP contribution in [-0.4, -0.2) is 52.6 Å². The van der Waals surface area contributed by atoms with E-state index in [2.05, 4.69) is 4.98 Å². The summed E-state index contributed by atoms with van der Waals surface area (Å²) < 4.78 is 10.5. The van der Waals surface area contributed by atoms with Crippen LogP contribution in [0.25, 0.3) is 16.7 Å². The number of carbonyl (C=O) groups is 2. The molecule has 2 heterocycles. The Morgan fingerprint density at radius 1 is 0.946 bits per heavy atom. The van der Waals surface area contributed by atoms with Gasteiger partial charge in [0.1, 0.15) is 23.0 Å². The highest BCUT2D eigenvalue weighted by molar-refractivity contribution is 6.46. The molecule has 5 rings (SSSR count). The van der Waals surface area contributed by atoms with Gasteiger partial charge in [-0.2, -0.15) is 0 Å². The fourth-order valence-electron chi connectivity index (χ4n) is 4.75. The number of phenolic OH excluding ortho intramolecular Hbond substituents is 1. The summed E-state index contributed by atoms with van der Waals surface area (Å²) in [7, 11) is 3.14. The molecule has 0 unspecified atom stereocenters. The second kappa shape index (κ2) is 9.73. The molecule has 3 N–H and O–H groups in total. The zero-order valence-electron chi connectivity index (χ0n) is 20.4. The number of aromatic hydroxyl groups is 1. The molecule has 0 spiro atoms. The Kier molecular flexibility index (Phi) is 6.31. The maximum absolute atomic E-state index is 13.3. The lowest BCUT2D eigenvalue weighted by Gasteiger charge is -2.25. The smallest absolute Gasteiger partial charge is 0.295 e. The fraction of sp³-hybridized carbons (Fsp3) is 0.172. The first-order chi connectivity index (χ1) is 17.9. The van der Waals surface area contributed by atoms with Crippen LogP contribution in [0.2, 0.25) is 0 Å². The zero-order valence-corrected chi connectivity index (χ0v) is 20.4. The number of hydrogen-bond donors (Lipinski definition) is 3. The number of ketones is 1. The number of ether oxygens (including phenoxy) is 2. The van der Waals surface area contributed by atoms with Crippen LogP contribution in [0.15, 0.2) is 78.5 Å². The van der Waals surface area contributed by atoms with Crippen LogP contribution in [0.3, 0.4) is 0 Å². The van der Waals surface area contributed by atoms with Gasteiger partial charge in [0.25, 0.3) is 11.7 Å². The number of nitrogens with zero attached hydrogens (tertiary/aromatic N) is 1. The third-order valence-corrected chi connectivity index (χ3v) is 6.71. The van der Waals surface area contributed by atoms with E-state index < -0.39 is 17.7 Å². The number of fused-ring (bicyclic) bond motifs is 1. The summed E-state index contributed by atoms with van der Waals surface area (Å²) in [5, 5.41) is 22.0. The normalized spacial score (nSPS) is 16.9. The number of aliphatic hydroxyl groups is 1. The fourth-order valence-corrected chi connectivity index (χ4v) is 4.75. The van der Waals surface area contributed by atoms with Crippen molar-refractivity contribution in [1.82, 2.24) is 9.88 Å². The van der Waals surface area contributed by atoms with E-state index in [-0.39, 0.29) is 23.6 Å². The van der Waals surface area contributed by atoms with Gasteiger partial charge in [-0.25, -0.2) is 0 Å². The van der Waals surface area contributed by atoms with Gasteiger partial charge in [0.05, 0.1) is 25.8 Å². The Bertz CT molecular complexity index is 1500. The molecule has 1 atom stereocenters. The van der Waals surface area contributed by atoms with E-state index in [0.717, 1.165) is 22.2 Å². The number of aliphatic hydroxyl groups excluding tert-OH is 1. The number of nitrogens with one attached hydrogen (secondary N) is 1. The summed E-state index contributed by atoms with van der Waals surface area (Å²) in [6.07, 6.45) is 2.35. The van der Waals surface area contributed by atoms with E-state index in [1.165, 1.54) is 24.1 Å². The molecule has 4 aromatic rings. The molecule has 0 radical (unpaired) electrons. The van der Waals surface area contributed by atoms with Gasteiger partial charge >= 0.3 is 0 Å². The maximum Gasteiger partial charge on any atom is 0.295 e. The SMILES string of the molecule is COc1ccc(C(O)=C2C(=O)C(=O)N(CCc3c[nH]c4ccc(OC)cc34)[C@H]2c2ccc(O)cc2)cc1. The van der Waals surface area contributed by atoms with Crippen LogP contribution < -0.4 is 9.47 Å². The first-order valence-corrected chi connectivity index (χ1v) is 11.8. The van der Waals surface area contributed by atoms with Crippen LogP contribution in [0.5, 0.6) is 17.2 Å². The molecular weight excluding hydrogens is 472 g/mol. The molecule has 0 bridgehead atoms. The summed E-state index contributed by atoms with van der Waals surface area (Å²) in [6, 6.07) is 17.8. The number of Topliss-reactive ketones (excluding diaryl/α,β-unsaturated/α-hetero) is 1. The third-order valence-electron chi connectivity index (χ3n) is 6.71. The van der Waals surface area contributed by atoms with Crippen LogP contribution >= 0.6 is 0 Å². The van der Waals surface area contributed by atoms with E-state index in [9.17, 15) is 19.8 Å². The number of likely N-dealkylation sites (tertiary alicyclic amines) is 1. The van der Waals surface area contributed by atoms with Crippen LogP contribution in [0, 0.1) is 0 Å². The van der Waals surface area contributed by atoms with Crippen molar-refractivity contribution in [2.24, 2.45) is 0 Å². The van der Waals surface area contributed by atoms with Crippen LogP contribution in [0.1, 0.15) is 22.7 Å². The van der Waals surface area contributed by atoms with Crippen LogP contribution in [-0.2, 0) is 16.0 Å². The minimum atomic E-state index is -0.817. The van der Waals surface area contributed by atoms with Crippen molar-refractivity contribution in [3.8, 4) is 17.2 Å². The van der Waals surface area contributed by atoms with Crippen LogP contribution in [0.4, 0.5) is 0 Å². The highest BCUT2D eigenvalue weighted by atomic mass is 16.5. The molecule has 1 saturated heterocycles. The summed E-state index contributed by atoms with van der Waals surface area (Å²) in [6.45, 7) is 0.236. The first-order valence-electron chi connectivity index (χ1n) is 11.8. The number of methoxy groups -OCH3 is 2. The third kappa shape index (κ3) is 4.38. The standard InChI is InChI=1S/C29H26N2O6/c1-36-21-9-5-18(6-10-21)27(33)25-26(17-3-7-20(32)8-4-17)31(29(35)28(25)34)14-13-19-16-30-24-12-11-22(37-2)15-23(19)24/h3-12,15-16,26,30,32-33H,13-14H2,1-2H3/t26-/m0/s1. The summed E-state index contributed by atoms with van der Waals surface area (Å²) in [5.74, 6) is -0.334. The van der Waals surface area contributed by atoms with E-state index in [4.69, 9.17) is 9.47 Å². The molecular formula is C29H26N2O6. The van der Waals surface area contributed by atoms with E-state index in [1.807, 2.05) is 24.4 Å². The van der Waals surface area contributed by atoms with Gasteiger partial charge in [0, 0.05) is 29.2 Å². The maximum atomic E-state index is 13.3. The molecule has 1 aliphatic heterocycles. The number of phenols is 1. The van der Waals surface area contributed by atoms with Gasteiger partial charge in [0.15, 0.2) is 0 Å². The van der Waals surface area contributed by atoms with Gasteiger partial charge in [-0.15, -0.1) is 0 Å². The minimum Gasteiger partial charge on any atom is -0.508 e. The van der Waals surface area contributed by atoms with Crippen molar-refractivity contribution < 1.29 is 29.3 Å². The Labute approximate surface area is 213 Å². The van der Waals surface area contributed by atoms with Crippen molar-refractivity contribution in [3.05, 3.63) is 95.2 Å². The molecule has 0 saturated carbocycles. The first kappa shape index (κ1) is 24.0. The molecule has 37 heavy (non-hydrogen) atoms. The summed E-state index contributed by atoms with van der Waals surface area (Å²) >= 11 is 0. The van der Waals surface area contributed by atoms with Gasteiger partial charge in [-0.1, -0.05) is 12.1 Å². The largest absolute Gasteiger partial charge is 0.508 e. The molecule has 1 aromatic heterocycles. The van der Waals surface area contributed by atoms with Crippen molar-refractivity contribution in [3.63, 3.8) is 0 Å². The van der Waals surface area contributed by atoms with Crippen molar-refractivity contribution in [2.45, 2.75) is 12.5 Å². The van der Waals surface area contributed by atoms with Gasteiger partial charge < -0.3 is 29.6 Å². The monoisotopic (exact) mass is 498 g/mol. The number of rotatable bonds is 7. The van der Waals surface area contributed by atoms with E-state index >= 15 is 0 Å². The second-order valence-electron chi connectivity index (χ2n) is 8.79.